The molecule has 1 amide bonds. The lowest BCUT2D eigenvalue weighted by molar-refractivity contribution is -0.121. The molecule has 0 spiro atoms. The largest absolute Gasteiger partial charge is 0.496 e. The molecule has 2 aromatic heterocycles. The molecule has 6 nitrogen and oxygen atoms in total. The van der Waals surface area contributed by atoms with Crippen LogP contribution in [0.15, 0.2) is 40.3 Å². The number of oxazole rings is 1. The Morgan fingerprint density at radius 2 is 2.11 bits per heavy atom. The number of nitrogens with one attached hydrogen (secondary N) is 1. The van der Waals surface area contributed by atoms with Crippen LogP contribution in [0.3, 0.4) is 0 Å². The van der Waals surface area contributed by atoms with Crippen LogP contribution in [-0.2, 0) is 11.2 Å². The van der Waals surface area contributed by atoms with Crippen molar-refractivity contribution in [3.05, 3.63) is 52.3 Å². The summed E-state index contributed by atoms with van der Waals surface area (Å²) in [5.41, 5.74) is 1.39. The second-order valence-electron chi connectivity index (χ2n) is 7.02. The highest BCUT2D eigenvalue weighted by Crippen LogP contribution is 2.30. The first-order chi connectivity index (χ1) is 13.5. The normalized spacial score (nSPS) is 12.2. The minimum Gasteiger partial charge on any atom is -0.496 e. The number of aromatic nitrogens is 2. The average molecular weight is 400 g/mol. The molecule has 1 unspecified atom stereocenters. The number of ether oxygens (including phenoxy) is 1. The molecule has 0 saturated carbocycles. The zero-order chi connectivity index (χ0) is 20.1. The standard InChI is InChI=1S/C21H25N3O3S/c1-13(2)11-17(21-22-9-10-28-21)23-19(25)12-16-14(3)27-20(24-16)15-7-5-6-8-18(15)26-4/h5-10,13,17H,11-12H2,1-4H3,(H,23,25). The lowest BCUT2D eigenvalue weighted by Gasteiger charge is -2.18. The number of hydrogen-bond acceptors (Lipinski definition) is 6. The van der Waals surface area contributed by atoms with Crippen LogP contribution in [-0.4, -0.2) is 23.0 Å². The summed E-state index contributed by atoms with van der Waals surface area (Å²) in [5, 5.41) is 5.95. The van der Waals surface area contributed by atoms with Gasteiger partial charge in [-0.15, -0.1) is 11.3 Å². The van der Waals surface area contributed by atoms with Crippen molar-refractivity contribution in [2.45, 2.75) is 39.7 Å². The van der Waals surface area contributed by atoms with Gasteiger partial charge in [-0.2, -0.15) is 0 Å². The van der Waals surface area contributed by atoms with Crippen LogP contribution >= 0.6 is 11.3 Å². The Labute approximate surface area is 169 Å². The fraction of sp³-hybridized carbons (Fsp3) is 0.381. The maximum atomic E-state index is 12.7. The predicted octanol–water partition coefficient (Wildman–Crippen LogP) is 4.56. The zero-order valence-corrected chi connectivity index (χ0v) is 17.4. The molecule has 0 fully saturated rings. The predicted molar refractivity (Wildman–Crippen MR) is 109 cm³/mol. The maximum Gasteiger partial charge on any atom is 0.230 e. The van der Waals surface area contributed by atoms with Gasteiger partial charge < -0.3 is 14.5 Å². The van der Waals surface area contributed by atoms with Crippen molar-refractivity contribution in [2.24, 2.45) is 5.92 Å². The van der Waals surface area contributed by atoms with Crippen molar-refractivity contribution in [2.75, 3.05) is 7.11 Å². The number of rotatable bonds is 8. The number of aryl methyl sites for hydroxylation is 1. The molecule has 0 saturated heterocycles. The lowest BCUT2D eigenvalue weighted by Crippen LogP contribution is -2.31. The molecule has 1 N–H and O–H groups in total. The molecule has 0 bridgehead atoms. The van der Waals surface area contributed by atoms with Crippen molar-refractivity contribution in [3.63, 3.8) is 0 Å². The molecular weight excluding hydrogens is 374 g/mol. The van der Waals surface area contributed by atoms with E-state index >= 15 is 0 Å². The number of carbonyl (C=O) groups is 1. The number of nitrogens with zero attached hydrogens (tertiary/aromatic N) is 2. The third-order valence-electron chi connectivity index (χ3n) is 4.35. The number of hydrogen-bond donors (Lipinski definition) is 1. The molecule has 0 radical (unpaired) electrons. The van der Waals surface area contributed by atoms with Gasteiger partial charge in [0, 0.05) is 11.6 Å². The highest BCUT2D eigenvalue weighted by molar-refractivity contribution is 7.09. The van der Waals surface area contributed by atoms with Gasteiger partial charge in [0.05, 0.1) is 30.8 Å². The van der Waals surface area contributed by atoms with Gasteiger partial charge in [0.2, 0.25) is 11.8 Å². The molecule has 3 rings (SSSR count). The topological polar surface area (TPSA) is 77.2 Å². The van der Waals surface area contributed by atoms with Gasteiger partial charge in [0.15, 0.2) is 0 Å². The molecule has 0 aliphatic rings. The van der Waals surface area contributed by atoms with Crippen LogP contribution in [0, 0.1) is 12.8 Å². The third kappa shape index (κ3) is 4.78. The van der Waals surface area contributed by atoms with E-state index in [4.69, 9.17) is 9.15 Å². The van der Waals surface area contributed by atoms with Crippen molar-refractivity contribution < 1.29 is 13.9 Å². The van der Waals surface area contributed by atoms with E-state index in [2.05, 4.69) is 29.1 Å². The van der Waals surface area contributed by atoms with Crippen molar-refractivity contribution in [1.29, 1.82) is 0 Å². The van der Waals surface area contributed by atoms with Gasteiger partial charge in [-0.3, -0.25) is 4.79 Å². The van der Waals surface area contributed by atoms with Crippen LogP contribution in [0.25, 0.3) is 11.5 Å². The van der Waals surface area contributed by atoms with Gasteiger partial charge in [-0.1, -0.05) is 26.0 Å². The molecule has 3 aromatic rings. The Morgan fingerprint density at radius 3 is 2.79 bits per heavy atom. The lowest BCUT2D eigenvalue weighted by atomic mass is 10.0. The highest BCUT2D eigenvalue weighted by Gasteiger charge is 2.21. The third-order valence-corrected chi connectivity index (χ3v) is 5.24. The van der Waals surface area contributed by atoms with Crippen LogP contribution in [0.1, 0.15) is 42.8 Å². The Kier molecular flexibility index (Phi) is 6.46. The first kappa shape index (κ1) is 20.1. The first-order valence-corrected chi connectivity index (χ1v) is 10.1. The Hall–Kier alpha value is -2.67. The molecule has 0 aliphatic carbocycles. The van der Waals surface area contributed by atoms with Gasteiger partial charge in [0.1, 0.15) is 16.5 Å². The van der Waals surface area contributed by atoms with Crippen LogP contribution in [0.5, 0.6) is 5.75 Å². The quantitative estimate of drug-likeness (QED) is 0.601. The summed E-state index contributed by atoms with van der Waals surface area (Å²) in [4.78, 5) is 21.6. The number of amides is 1. The van der Waals surface area contributed by atoms with E-state index in [0.29, 0.717) is 29.0 Å². The molecule has 1 aromatic carbocycles. The first-order valence-electron chi connectivity index (χ1n) is 9.26. The maximum absolute atomic E-state index is 12.7. The van der Waals surface area contributed by atoms with E-state index in [-0.39, 0.29) is 18.4 Å². The highest BCUT2D eigenvalue weighted by atomic mass is 32.1. The summed E-state index contributed by atoms with van der Waals surface area (Å²) in [6, 6.07) is 7.43. The minimum atomic E-state index is -0.0937. The number of benzene rings is 1. The monoisotopic (exact) mass is 399 g/mol. The molecule has 0 aliphatic heterocycles. The molecule has 28 heavy (non-hydrogen) atoms. The minimum absolute atomic E-state index is 0.0894. The van der Waals surface area contributed by atoms with E-state index in [9.17, 15) is 4.79 Å². The fourth-order valence-electron chi connectivity index (χ4n) is 3.03. The van der Waals surface area contributed by atoms with E-state index < -0.39 is 0 Å². The summed E-state index contributed by atoms with van der Waals surface area (Å²) >= 11 is 1.56. The van der Waals surface area contributed by atoms with Gasteiger partial charge in [-0.25, -0.2) is 9.97 Å². The Balaban J connectivity index is 1.74. The number of carbonyl (C=O) groups excluding carboxylic acids is 1. The van der Waals surface area contributed by atoms with Crippen LogP contribution in [0.4, 0.5) is 0 Å². The molecule has 1 atom stereocenters. The smallest absolute Gasteiger partial charge is 0.230 e. The van der Waals surface area contributed by atoms with Crippen LogP contribution in [0.2, 0.25) is 0 Å². The molecular formula is C21H25N3O3S. The SMILES string of the molecule is COc1ccccc1-c1nc(CC(=O)NC(CC(C)C)c2nccs2)c(C)o1. The summed E-state index contributed by atoms with van der Waals surface area (Å²) in [7, 11) is 1.61. The summed E-state index contributed by atoms with van der Waals surface area (Å²) in [5.74, 6) is 2.12. The van der Waals surface area contributed by atoms with Gasteiger partial charge in [0.25, 0.3) is 0 Å². The Bertz CT molecular complexity index is 919. The van der Waals surface area contributed by atoms with E-state index in [1.54, 1.807) is 24.6 Å². The number of methoxy groups -OCH3 is 1. The van der Waals surface area contributed by atoms with Crippen molar-refractivity contribution in [1.82, 2.24) is 15.3 Å². The van der Waals surface area contributed by atoms with Crippen molar-refractivity contribution in [3.8, 4) is 17.2 Å². The van der Waals surface area contributed by atoms with E-state index in [1.165, 1.54) is 0 Å². The second kappa shape index (κ2) is 9.01. The summed E-state index contributed by atoms with van der Waals surface area (Å²) < 4.78 is 11.2. The molecule has 2 heterocycles. The molecule has 148 valence electrons. The number of thiazole rings is 1. The van der Waals surface area contributed by atoms with Gasteiger partial charge >= 0.3 is 0 Å². The Morgan fingerprint density at radius 1 is 1.32 bits per heavy atom. The second-order valence-corrected chi connectivity index (χ2v) is 7.95. The molecule has 7 heteroatoms. The zero-order valence-electron chi connectivity index (χ0n) is 16.6. The van der Waals surface area contributed by atoms with E-state index in [0.717, 1.165) is 17.0 Å². The average Bonchev–Trinajstić information content (AvgIpc) is 3.31. The summed E-state index contributed by atoms with van der Waals surface area (Å²) in [6.45, 7) is 6.09. The fourth-order valence-corrected chi connectivity index (χ4v) is 3.73. The number of para-hydroxylation sites is 1. The van der Waals surface area contributed by atoms with Gasteiger partial charge in [-0.05, 0) is 31.4 Å². The van der Waals surface area contributed by atoms with E-state index in [1.807, 2.05) is 36.6 Å². The van der Waals surface area contributed by atoms with Crippen molar-refractivity contribution >= 4 is 17.2 Å². The van der Waals surface area contributed by atoms with Crippen LogP contribution < -0.4 is 10.1 Å². The summed E-state index contributed by atoms with van der Waals surface area (Å²) in [6.07, 6.45) is 2.76.